The van der Waals surface area contributed by atoms with Crippen LogP contribution < -0.4 is 5.59 Å². The van der Waals surface area contributed by atoms with Crippen LogP contribution in [0.5, 0.6) is 0 Å². The zero-order chi connectivity index (χ0) is 16.0. The van der Waals surface area contributed by atoms with Crippen molar-refractivity contribution in [1.82, 2.24) is 9.55 Å². The second-order valence-corrected chi connectivity index (χ2v) is 6.97. The van der Waals surface area contributed by atoms with Crippen LogP contribution in [-0.2, 0) is 15.9 Å². The van der Waals surface area contributed by atoms with Gasteiger partial charge in [-0.25, -0.2) is 4.98 Å². The van der Waals surface area contributed by atoms with Gasteiger partial charge in [0.15, 0.2) is 0 Å². The average molecular weight is 319 g/mol. The number of halogens is 1. The lowest BCUT2D eigenvalue weighted by atomic mass is 9.86. The highest BCUT2D eigenvalue weighted by atomic mass is 35.5. The van der Waals surface area contributed by atoms with Crippen LogP contribution in [0.4, 0.5) is 0 Å². The van der Waals surface area contributed by atoms with Crippen molar-refractivity contribution < 1.29 is 9.31 Å². The molecule has 0 amide bonds. The van der Waals surface area contributed by atoms with Crippen molar-refractivity contribution in [3.05, 3.63) is 47.4 Å². The summed E-state index contributed by atoms with van der Waals surface area (Å²) in [7, 11) is -0.487. The molecule has 0 aliphatic carbocycles. The summed E-state index contributed by atoms with van der Waals surface area (Å²) in [6, 6.07) is 10.1. The predicted molar refractivity (Wildman–Crippen MR) is 88.5 cm³/mol. The van der Waals surface area contributed by atoms with Gasteiger partial charge in [-0.3, -0.25) is 0 Å². The molecule has 0 atom stereocenters. The van der Waals surface area contributed by atoms with E-state index in [2.05, 4.69) is 17.1 Å². The van der Waals surface area contributed by atoms with Gasteiger partial charge in [-0.1, -0.05) is 30.3 Å². The summed E-state index contributed by atoms with van der Waals surface area (Å²) in [5.41, 5.74) is 1.11. The van der Waals surface area contributed by atoms with E-state index in [4.69, 9.17) is 20.9 Å². The minimum Gasteiger partial charge on any atom is -0.398 e. The topological polar surface area (TPSA) is 36.3 Å². The highest BCUT2D eigenvalue weighted by Gasteiger charge is 2.52. The lowest BCUT2D eigenvalue weighted by molar-refractivity contribution is 0.00578. The molecule has 2 aromatic rings. The molecule has 3 rings (SSSR count). The van der Waals surface area contributed by atoms with Gasteiger partial charge in [0.25, 0.3) is 0 Å². The molecule has 0 N–H and O–H groups in total. The van der Waals surface area contributed by atoms with Crippen LogP contribution in [0, 0.1) is 0 Å². The maximum atomic E-state index is 6.26. The average Bonchev–Trinajstić information content (AvgIpc) is 2.89. The molecule has 0 unspecified atom stereocenters. The fourth-order valence-corrected chi connectivity index (χ4v) is 2.59. The Balaban J connectivity index is 1.82. The minimum absolute atomic E-state index is 0.382. The van der Waals surface area contributed by atoms with Crippen molar-refractivity contribution in [2.75, 3.05) is 0 Å². The molecule has 1 aromatic carbocycles. The normalized spacial score (nSPS) is 19.6. The monoisotopic (exact) mass is 318 g/mol. The molecule has 6 heteroatoms. The van der Waals surface area contributed by atoms with Crippen LogP contribution in [0.3, 0.4) is 0 Å². The molecule has 0 bridgehead atoms. The van der Waals surface area contributed by atoms with Crippen molar-refractivity contribution >= 4 is 24.3 Å². The molecule has 1 aliphatic rings. The van der Waals surface area contributed by atoms with Gasteiger partial charge in [-0.2, -0.15) is 0 Å². The Hall–Kier alpha value is -1.30. The fraction of sp³-hybridized carbons (Fsp3) is 0.438. The SMILES string of the molecule is CC1(C)OB(c2cn(Cc3ccccc3)c(Cl)n2)OC1(C)C. The first-order valence-electron chi connectivity index (χ1n) is 7.41. The third kappa shape index (κ3) is 2.81. The van der Waals surface area contributed by atoms with Crippen LogP contribution in [0.25, 0.3) is 0 Å². The van der Waals surface area contributed by atoms with Gasteiger partial charge < -0.3 is 13.9 Å². The van der Waals surface area contributed by atoms with Crippen molar-refractivity contribution in [3.63, 3.8) is 0 Å². The number of rotatable bonds is 3. The van der Waals surface area contributed by atoms with E-state index in [-0.39, 0.29) is 11.2 Å². The third-order valence-corrected chi connectivity index (χ3v) is 4.74. The molecule has 0 spiro atoms. The van der Waals surface area contributed by atoms with Gasteiger partial charge in [0.1, 0.15) is 0 Å². The van der Waals surface area contributed by atoms with Gasteiger partial charge in [-0.05, 0) is 44.9 Å². The summed E-state index contributed by atoms with van der Waals surface area (Å²) in [6.45, 7) is 8.77. The molecular weight excluding hydrogens is 298 g/mol. The maximum absolute atomic E-state index is 6.26. The van der Waals surface area contributed by atoms with Crippen molar-refractivity contribution in [2.24, 2.45) is 0 Å². The number of imidazole rings is 1. The fourth-order valence-electron chi connectivity index (χ4n) is 2.38. The number of benzene rings is 1. The molecule has 22 heavy (non-hydrogen) atoms. The van der Waals surface area contributed by atoms with Crippen molar-refractivity contribution in [3.8, 4) is 0 Å². The number of nitrogens with zero attached hydrogens (tertiary/aromatic N) is 2. The molecule has 116 valence electrons. The Bertz CT molecular complexity index is 654. The van der Waals surface area contributed by atoms with Crippen LogP contribution in [0.15, 0.2) is 36.5 Å². The Morgan fingerprint density at radius 3 is 2.27 bits per heavy atom. The van der Waals surface area contributed by atoms with Gasteiger partial charge in [0.05, 0.1) is 16.8 Å². The molecule has 1 aromatic heterocycles. The summed E-state index contributed by atoms with van der Waals surface area (Å²) in [5, 5.41) is 0.438. The highest BCUT2D eigenvalue weighted by molar-refractivity contribution is 6.61. The zero-order valence-electron chi connectivity index (χ0n) is 13.3. The summed E-state index contributed by atoms with van der Waals surface area (Å²) < 4.78 is 13.9. The predicted octanol–water partition coefficient (Wildman–Crippen LogP) is 2.88. The van der Waals surface area contributed by atoms with Crippen LogP contribution in [0.2, 0.25) is 5.28 Å². The van der Waals surface area contributed by atoms with E-state index in [1.54, 1.807) is 0 Å². The van der Waals surface area contributed by atoms with Crippen LogP contribution >= 0.6 is 11.6 Å². The van der Waals surface area contributed by atoms with Gasteiger partial charge in [0.2, 0.25) is 5.28 Å². The van der Waals surface area contributed by atoms with Crippen LogP contribution in [-0.4, -0.2) is 27.9 Å². The quantitative estimate of drug-likeness (QED) is 0.817. The van der Waals surface area contributed by atoms with E-state index in [1.807, 2.05) is 56.7 Å². The Morgan fingerprint density at radius 1 is 1.09 bits per heavy atom. The largest absolute Gasteiger partial charge is 0.516 e. The summed E-state index contributed by atoms with van der Waals surface area (Å²) >= 11 is 6.26. The van der Waals surface area contributed by atoms with Gasteiger partial charge in [0, 0.05) is 12.7 Å². The van der Waals surface area contributed by atoms with E-state index in [0.717, 1.165) is 0 Å². The highest BCUT2D eigenvalue weighted by Crippen LogP contribution is 2.36. The molecule has 2 heterocycles. The maximum Gasteiger partial charge on any atom is 0.516 e. The first-order valence-corrected chi connectivity index (χ1v) is 7.78. The van der Waals surface area contributed by atoms with Gasteiger partial charge in [-0.15, -0.1) is 0 Å². The number of hydrogen-bond donors (Lipinski definition) is 0. The molecule has 1 aliphatic heterocycles. The molecule has 1 fully saturated rings. The molecule has 4 nitrogen and oxygen atoms in total. The lowest BCUT2D eigenvalue weighted by Gasteiger charge is -2.32. The Labute approximate surface area is 136 Å². The summed E-state index contributed by atoms with van der Waals surface area (Å²) in [4.78, 5) is 4.40. The van der Waals surface area contributed by atoms with E-state index in [1.165, 1.54) is 5.56 Å². The summed E-state index contributed by atoms with van der Waals surface area (Å²) in [5.74, 6) is 0. The molecule has 1 saturated heterocycles. The first kappa shape index (κ1) is 15.6. The lowest BCUT2D eigenvalue weighted by Crippen LogP contribution is -2.41. The number of aromatic nitrogens is 2. The first-order chi connectivity index (χ1) is 10.3. The van der Waals surface area contributed by atoms with Crippen molar-refractivity contribution in [1.29, 1.82) is 0 Å². The second kappa shape index (κ2) is 5.41. The van der Waals surface area contributed by atoms with Crippen molar-refractivity contribution in [2.45, 2.75) is 45.4 Å². The Morgan fingerprint density at radius 2 is 1.68 bits per heavy atom. The van der Waals surface area contributed by atoms with E-state index in [0.29, 0.717) is 17.4 Å². The number of hydrogen-bond acceptors (Lipinski definition) is 3. The standard InChI is InChI=1S/C16H20BClN2O2/c1-15(2)16(3,4)22-17(21-15)13-11-20(14(18)19-13)10-12-8-6-5-7-9-12/h5-9,11H,10H2,1-4H3. The Kier molecular flexibility index (Phi) is 3.83. The minimum atomic E-state index is -0.487. The molecule has 0 radical (unpaired) electrons. The van der Waals surface area contributed by atoms with Gasteiger partial charge >= 0.3 is 7.12 Å². The third-order valence-electron chi connectivity index (χ3n) is 4.44. The van der Waals surface area contributed by atoms with E-state index < -0.39 is 7.12 Å². The van der Waals surface area contributed by atoms with E-state index >= 15 is 0 Å². The molecular formula is C16H20BClN2O2. The van der Waals surface area contributed by atoms with Crippen LogP contribution in [0.1, 0.15) is 33.3 Å². The second-order valence-electron chi connectivity index (χ2n) is 6.64. The summed E-state index contributed by atoms with van der Waals surface area (Å²) in [6.07, 6.45) is 1.90. The van der Waals surface area contributed by atoms with E-state index in [9.17, 15) is 0 Å². The smallest absolute Gasteiger partial charge is 0.398 e. The zero-order valence-corrected chi connectivity index (χ0v) is 14.1. The molecule has 0 saturated carbocycles.